The number of benzene rings is 1. The van der Waals surface area contributed by atoms with Crippen molar-refractivity contribution in [3.63, 3.8) is 0 Å². The normalized spacial score (nSPS) is 18.1. The Morgan fingerprint density at radius 2 is 2.05 bits per heavy atom. The predicted octanol–water partition coefficient (Wildman–Crippen LogP) is 1.77. The zero-order valence-electron chi connectivity index (χ0n) is 11.0. The Hall–Kier alpha value is -2.25. The van der Waals surface area contributed by atoms with Crippen molar-refractivity contribution in [1.82, 2.24) is 4.90 Å². The smallest absolute Gasteiger partial charge is 0.471 e. The lowest BCUT2D eigenvalue weighted by Crippen LogP contribution is -2.46. The van der Waals surface area contributed by atoms with Crippen molar-refractivity contribution >= 4 is 11.9 Å². The molecule has 1 heterocycles. The van der Waals surface area contributed by atoms with E-state index < -0.39 is 30.5 Å². The highest BCUT2D eigenvalue weighted by molar-refractivity contribution is 5.84. The van der Waals surface area contributed by atoms with E-state index in [-0.39, 0.29) is 6.54 Å². The number of aliphatic carboxylic acids is 1. The molecule has 2 rings (SSSR count). The van der Waals surface area contributed by atoms with Crippen LogP contribution in [-0.2, 0) is 16.1 Å². The van der Waals surface area contributed by atoms with Crippen LogP contribution in [0.4, 0.5) is 13.2 Å². The third-order valence-electron chi connectivity index (χ3n) is 3.32. The Balaban J connectivity index is 2.40. The molecule has 1 amide bonds. The largest absolute Gasteiger partial charge is 0.497 e. The van der Waals surface area contributed by atoms with Gasteiger partial charge in [0.25, 0.3) is 0 Å². The zero-order valence-corrected chi connectivity index (χ0v) is 11.0. The predicted molar refractivity (Wildman–Crippen MR) is 64.8 cm³/mol. The van der Waals surface area contributed by atoms with E-state index in [4.69, 9.17) is 4.74 Å². The molecule has 1 aromatic rings. The molecule has 0 aliphatic carbocycles. The first kappa shape index (κ1) is 15.1. The first-order chi connectivity index (χ1) is 9.74. The Kier molecular flexibility index (Phi) is 3.80. The first-order valence-electron chi connectivity index (χ1n) is 5.99. The number of halogens is 3. The van der Waals surface area contributed by atoms with Crippen molar-refractivity contribution in [2.24, 2.45) is 0 Å². The molecule has 0 fully saturated rings. The number of alkyl halides is 3. The second-order valence-corrected chi connectivity index (χ2v) is 4.64. The van der Waals surface area contributed by atoms with Gasteiger partial charge in [0.2, 0.25) is 0 Å². The summed E-state index contributed by atoms with van der Waals surface area (Å²) in [6.07, 6.45) is -5.02. The van der Waals surface area contributed by atoms with Gasteiger partial charge in [0.15, 0.2) is 0 Å². The second kappa shape index (κ2) is 5.27. The topological polar surface area (TPSA) is 66.8 Å². The van der Waals surface area contributed by atoms with Crippen molar-refractivity contribution in [2.45, 2.75) is 18.6 Å². The molecule has 114 valence electrons. The standard InChI is InChI=1S/C13H12F3NO4/c1-21-8-3-2-7-5-17(12(20)13(14,15)16)6-10(11(18)19)9(7)4-8/h2-4,10H,5-6H2,1H3,(H,18,19). The monoisotopic (exact) mass is 303 g/mol. The van der Waals surface area contributed by atoms with Crippen LogP contribution in [0, 0.1) is 0 Å². The molecule has 0 bridgehead atoms. The minimum atomic E-state index is -5.02. The minimum absolute atomic E-state index is 0.276. The summed E-state index contributed by atoms with van der Waals surface area (Å²) in [5.74, 6) is -4.12. The van der Waals surface area contributed by atoms with Gasteiger partial charge in [-0.25, -0.2) is 0 Å². The molecule has 0 aromatic heterocycles. The Morgan fingerprint density at radius 1 is 1.38 bits per heavy atom. The molecular formula is C13H12F3NO4. The summed E-state index contributed by atoms with van der Waals surface area (Å²) in [5.41, 5.74) is 0.736. The van der Waals surface area contributed by atoms with Crippen LogP contribution in [0.5, 0.6) is 5.75 Å². The van der Waals surface area contributed by atoms with Gasteiger partial charge in [-0.2, -0.15) is 13.2 Å². The number of hydrogen-bond acceptors (Lipinski definition) is 3. The fourth-order valence-corrected chi connectivity index (χ4v) is 2.30. The molecule has 1 aromatic carbocycles. The molecule has 0 radical (unpaired) electrons. The molecule has 21 heavy (non-hydrogen) atoms. The summed E-state index contributed by atoms with van der Waals surface area (Å²) in [6, 6.07) is 4.46. The molecule has 1 atom stereocenters. The highest BCUT2D eigenvalue weighted by Gasteiger charge is 2.45. The summed E-state index contributed by atoms with van der Waals surface area (Å²) >= 11 is 0. The van der Waals surface area contributed by atoms with E-state index in [1.807, 2.05) is 0 Å². The molecule has 1 N–H and O–H groups in total. The van der Waals surface area contributed by atoms with Crippen molar-refractivity contribution in [2.75, 3.05) is 13.7 Å². The molecule has 1 aliphatic rings. The number of hydrogen-bond donors (Lipinski definition) is 1. The summed E-state index contributed by atoms with van der Waals surface area (Å²) in [6.45, 7) is -0.796. The van der Waals surface area contributed by atoms with Crippen LogP contribution < -0.4 is 4.74 Å². The number of ether oxygens (including phenoxy) is 1. The van der Waals surface area contributed by atoms with Crippen molar-refractivity contribution in [3.8, 4) is 5.75 Å². The van der Waals surface area contributed by atoms with E-state index >= 15 is 0 Å². The molecule has 0 saturated carbocycles. The van der Waals surface area contributed by atoms with Gasteiger partial charge in [-0.1, -0.05) is 6.07 Å². The van der Waals surface area contributed by atoms with Crippen LogP contribution in [0.1, 0.15) is 17.0 Å². The highest BCUT2D eigenvalue weighted by atomic mass is 19.4. The fraction of sp³-hybridized carbons (Fsp3) is 0.385. The lowest BCUT2D eigenvalue weighted by Gasteiger charge is -2.33. The van der Waals surface area contributed by atoms with Crippen LogP contribution >= 0.6 is 0 Å². The Bertz CT molecular complexity index is 585. The van der Waals surface area contributed by atoms with Gasteiger partial charge >= 0.3 is 18.1 Å². The number of carbonyl (C=O) groups excluding carboxylic acids is 1. The van der Waals surface area contributed by atoms with Gasteiger partial charge in [-0.05, 0) is 23.3 Å². The average Bonchev–Trinajstić information content (AvgIpc) is 2.43. The van der Waals surface area contributed by atoms with Crippen LogP contribution in [0.15, 0.2) is 18.2 Å². The van der Waals surface area contributed by atoms with Crippen molar-refractivity contribution in [1.29, 1.82) is 0 Å². The lowest BCUT2D eigenvalue weighted by molar-refractivity contribution is -0.187. The maximum absolute atomic E-state index is 12.5. The zero-order chi connectivity index (χ0) is 15.8. The fourth-order valence-electron chi connectivity index (χ4n) is 2.30. The molecule has 8 heteroatoms. The molecule has 0 spiro atoms. The van der Waals surface area contributed by atoms with E-state index in [2.05, 4.69) is 0 Å². The number of rotatable bonds is 2. The number of fused-ring (bicyclic) bond motifs is 1. The van der Waals surface area contributed by atoms with Crippen LogP contribution in [0.2, 0.25) is 0 Å². The van der Waals surface area contributed by atoms with Gasteiger partial charge in [0.1, 0.15) is 5.75 Å². The van der Waals surface area contributed by atoms with E-state index in [1.165, 1.54) is 25.3 Å². The van der Waals surface area contributed by atoms with Gasteiger partial charge in [0, 0.05) is 13.1 Å². The molecule has 1 unspecified atom stereocenters. The molecular weight excluding hydrogens is 291 g/mol. The third-order valence-corrected chi connectivity index (χ3v) is 3.32. The van der Waals surface area contributed by atoms with Crippen molar-refractivity contribution < 1.29 is 32.6 Å². The summed E-state index contributed by atoms with van der Waals surface area (Å²) in [5, 5.41) is 9.19. The average molecular weight is 303 g/mol. The number of carboxylic acids is 1. The Morgan fingerprint density at radius 3 is 2.57 bits per heavy atom. The highest BCUT2D eigenvalue weighted by Crippen LogP contribution is 2.33. The van der Waals surface area contributed by atoms with E-state index in [1.54, 1.807) is 0 Å². The number of carbonyl (C=O) groups is 2. The minimum Gasteiger partial charge on any atom is -0.497 e. The van der Waals surface area contributed by atoms with Crippen LogP contribution in [0.25, 0.3) is 0 Å². The summed E-state index contributed by atoms with van der Waals surface area (Å²) in [7, 11) is 1.40. The molecule has 5 nitrogen and oxygen atoms in total. The van der Waals surface area contributed by atoms with Crippen LogP contribution in [0.3, 0.4) is 0 Å². The second-order valence-electron chi connectivity index (χ2n) is 4.64. The third kappa shape index (κ3) is 2.93. The quantitative estimate of drug-likeness (QED) is 0.904. The number of carboxylic acid groups (broad SMARTS) is 1. The van der Waals surface area contributed by atoms with Crippen molar-refractivity contribution in [3.05, 3.63) is 29.3 Å². The van der Waals surface area contributed by atoms with Gasteiger partial charge < -0.3 is 14.7 Å². The lowest BCUT2D eigenvalue weighted by atomic mass is 9.89. The maximum Gasteiger partial charge on any atom is 0.471 e. The number of methoxy groups -OCH3 is 1. The molecule has 1 aliphatic heterocycles. The van der Waals surface area contributed by atoms with E-state index in [0.717, 1.165) is 0 Å². The van der Waals surface area contributed by atoms with Gasteiger partial charge in [-0.3, -0.25) is 9.59 Å². The Labute approximate surface area is 117 Å². The number of nitrogens with zero attached hydrogens (tertiary/aromatic N) is 1. The van der Waals surface area contributed by atoms with Crippen LogP contribution in [-0.4, -0.2) is 41.7 Å². The first-order valence-corrected chi connectivity index (χ1v) is 5.99. The summed E-state index contributed by atoms with van der Waals surface area (Å²) < 4.78 is 42.5. The van der Waals surface area contributed by atoms with E-state index in [0.29, 0.717) is 21.8 Å². The van der Waals surface area contributed by atoms with E-state index in [9.17, 15) is 27.9 Å². The van der Waals surface area contributed by atoms with Gasteiger partial charge in [0.05, 0.1) is 13.0 Å². The SMILES string of the molecule is COc1ccc2c(c1)C(C(=O)O)CN(C(=O)C(F)(F)F)C2. The molecule has 0 saturated heterocycles. The van der Waals surface area contributed by atoms with Gasteiger partial charge in [-0.15, -0.1) is 0 Å². The summed E-state index contributed by atoms with van der Waals surface area (Å²) in [4.78, 5) is 23.1. The maximum atomic E-state index is 12.5. The number of amides is 1.